The normalized spacial score (nSPS) is 11.3. The SMILES string of the molecule is CCCCCCCCCCCCc1ccccc1B(c1ccccc1)c1ccccc1.CCCC[N+](CCCC)(CCCC)CCCC. The van der Waals surface area contributed by atoms with Gasteiger partial charge in [0, 0.05) is 0 Å². The van der Waals surface area contributed by atoms with E-state index in [1.54, 1.807) is 0 Å². The Hall–Kier alpha value is -2.32. The third-order valence-corrected chi connectivity index (χ3v) is 10.4. The van der Waals surface area contributed by atoms with Gasteiger partial charge in [0.1, 0.15) is 0 Å². The predicted octanol–water partition coefficient (Wildman–Crippen LogP) is 11.7. The highest BCUT2D eigenvalue weighted by atomic mass is 15.3. The van der Waals surface area contributed by atoms with Gasteiger partial charge in [0.05, 0.1) is 26.2 Å². The van der Waals surface area contributed by atoms with E-state index in [-0.39, 0.29) is 0 Å². The van der Waals surface area contributed by atoms with Gasteiger partial charge in [-0.05, 0) is 38.5 Å². The van der Waals surface area contributed by atoms with Crippen LogP contribution in [0.3, 0.4) is 0 Å². The van der Waals surface area contributed by atoms with E-state index in [2.05, 4.69) is 120 Å². The molecule has 0 saturated carbocycles. The molecule has 0 atom stereocenters. The number of rotatable bonds is 26. The van der Waals surface area contributed by atoms with E-state index in [1.165, 1.54) is 175 Å². The van der Waals surface area contributed by atoms with E-state index in [0.717, 1.165) is 0 Å². The fourth-order valence-corrected chi connectivity index (χ4v) is 7.33. The van der Waals surface area contributed by atoms with Crippen molar-refractivity contribution in [1.82, 2.24) is 0 Å². The number of nitrogens with zero attached hydrogens (tertiary/aromatic N) is 1. The van der Waals surface area contributed by atoms with Gasteiger partial charge in [-0.2, -0.15) is 0 Å². The second-order valence-electron chi connectivity index (χ2n) is 14.5. The Kier molecular flexibility index (Phi) is 24.0. The summed E-state index contributed by atoms with van der Waals surface area (Å²) in [6.45, 7) is 17.6. The lowest BCUT2D eigenvalue weighted by Gasteiger charge is -2.39. The summed E-state index contributed by atoms with van der Waals surface area (Å²) in [6.07, 6.45) is 26.1. The summed E-state index contributed by atoms with van der Waals surface area (Å²) < 4.78 is 1.42. The molecule has 0 aromatic heterocycles. The van der Waals surface area contributed by atoms with E-state index in [4.69, 9.17) is 0 Å². The molecule has 0 unspecified atom stereocenters. The Morgan fingerprint density at radius 1 is 0.375 bits per heavy atom. The molecule has 0 saturated heterocycles. The summed E-state index contributed by atoms with van der Waals surface area (Å²) in [5.74, 6) is 0. The first-order chi connectivity index (χ1) is 23.6. The van der Waals surface area contributed by atoms with Crippen LogP contribution in [0.4, 0.5) is 0 Å². The van der Waals surface area contributed by atoms with Gasteiger partial charge in [0.15, 0.2) is 0 Å². The van der Waals surface area contributed by atoms with Gasteiger partial charge < -0.3 is 4.48 Å². The van der Waals surface area contributed by atoms with Crippen molar-refractivity contribution in [2.45, 2.75) is 157 Å². The third kappa shape index (κ3) is 16.9. The minimum absolute atomic E-state index is 0.307. The first-order valence-electron chi connectivity index (χ1n) is 20.7. The molecule has 2 heteroatoms. The van der Waals surface area contributed by atoms with Crippen LogP contribution in [0.25, 0.3) is 0 Å². The zero-order valence-electron chi connectivity index (χ0n) is 32.4. The van der Waals surface area contributed by atoms with E-state index in [1.807, 2.05) is 0 Å². The minimum atomic E-state index is 0.307. The second-order valence-corrected chi connectivity index (χ2v) is 14.5. The van der Waals surface area contributed by atoms with Crippen molar-refractivity contribution in [2.75, 3.05) is 26.2 Å². The van der Waals surface area contributed by atoms with Gasteiger partial charge in [-0.3, -0.25) is 0 Å². The molecular formula is C46H75BN+. The Morgan fingerprint density at radius 2 is 0.729 bits per heavy atom. The molecular weight excluding hydrogens is 577 g/mol. The smallest absolute Gasteiger partial charge is 0.241 e. The molecule has 0 radical (unpaired) electrons. The van der Waals surface area contributed by atoms with Crippen molar-refractivity contribution in [3.8, 4) is 0 Å². The molecule has 0 bridgehead atoms. The van der Waals surface area contributed by atoms with Crippen LogP contribution in [0.1, 0.15) is 156 Å². The highest BCUT2D eigenvalue weighted by Crippen LogP contribution is 2.17. The number of unbranched alkanes of at least 4 members (excludes halogenated alkanes) is 13. The van der Waals surface area contributed by atoms with Crippen LogP contribution in [-0.2, 0) is 6.42 Å². The van der Waals surface area contributed by atoms with Gasteiger partial charge in [-0.15, -0.1) is 0 Å². The molecule has 3 aromatic rings. The molecule has 0 aliphatic carbocycles. The van der Waals surface area contributed by atoms with E-state index < -0.39 is 0 Å². The van der Waals surface area contributed by atoms with Crippen LogP contribution in [0, 0.1) is 0 Å². The lowest BCUT2D eigenvalue weighted by molar-refractivity contribution is -0.929. The highest BCUT2D eigenvalue weighted by molar-refractivity contribution is 6.95. The van der Waals surface area contributed by atoms with E-state index >= 15 is 0 Å². The van der Waals surface area contributed by atoms with Gasteiger partial charge in [0.2, 0.25) is 6.71 Å². The molecule has 0 aliphatic heterocycles. The van der Waals surface area contributed by atoms with Crippen molar-refractivity contribution in [3.05, 3.63) is 90.5 Å². The van der Waals surface area contributed by atoms with Crippen LogP contribution in [0.15, 0.2) is 84.9 Å². The third-order valence-electron chi connectivity index (χ3n) is 10.4. The Balaban J connectivity index is 0.000000401. The predicted molar refractivity (Wildman–Crippen MR) is 219 cm³/mol. The topological polar surface area (TPSA) is 0 Å². The van der Waals surface area contributed by atoms with Crippen molar-refractivity contribution < 1.29 is 4.48 Å². The zero-order valence-corrected chi connectivity index (χ0v) is 32.4. The largest absolute Gasteiger partial charge is 0.324 e. The average Bonchev–Trinajstić information content (AvgIpc) is 3.13. The molecule has 0 aliphatic rings. The van der Waals surface area contributed by atoms with Crippen LogP contribution in [0.5, 0.6) is 0 Å². The van der Waals surface area contributed by atoms with Gasteiger partial charge >= 0.3 is 0 Å². The molecule has 0 spiro atoms. The Morgan fingerprint density at radius 3 is 1.15 bits per heavy atom. The van der Waals surface area contributed by atoms with E-state index in [0.29, 0.717) is 6.71 Å². The number of aryl methyl sites for hydroxylation is 1. The van der Waals surface area contributed by atoms with Crippen molar-refractivity contribution >= 4 is 23.1 Å². The summed E-state index contributed by atoms with van der Waals surface area (Å²) >= 11 is 0. The van der Waals surface area contributed by atoms with Gasteiger partial charge in [-0.1, -0.05) is 225 Å². The summed E-state index contributed by atoms with van der Waals surface area (Å²) in [7, 11) is 0. The molecule has 0 amide bonds. The molecule has 0 fully saturated rings. The molecule has 48 heavy (non-hydrogen) atoms. The number of quaternary nitrogens is 1. The van der Waals surface area contributed by atoms with Crippen LogP contribution in [0.2, 0.25) is 0 Å². The number of hydrogen-bond donors (Lipinski definition) is 0. The van der Waals surface area contributed by atoms with Crippen LogP contribution in [-0.4, -0.2) is 37.4 Å². The number of benzene rings is 3. The highest BCUT2D eigenvalue weighted by Gasteiger charge is 2.25. The molecule has 3 rings (SSSR count). The fourth-order valence-electron chi connectivity index (χ4n) is 7.33. The molecule has 1 nitrogen and oxygen atoms in total. The second kappa shape index (κ2) is 27.5. The molecule has 266 valence electrons. The van der Waals surface area contributed by atoms with Crippen molar-refractivity contribution in [2.24, 2.45) is 0 Å². The molecule has 0 N–H and O–H groups in total. The summed E-state index contributed by atoms with van der Waals surface area (Å²) in [5.41, 5.74) is 5.74. The molecule has 3 aromatic carbocycles. The zero-order chi connectivity index (χ0) is 34.5. The standard InChI is InChI=1S/C30H39B.C16H36N/c1-2-3-4-5-6-7-8-9-10-13-20-27-21-18-19-26-30(27)31(28-22-14-11-15-23-28)29-24-16-12-17-25-29;1-5-9-13-17(14-10-6-2,15-11-7-3)16-12-8-4/h11-12,14-19,21-26H,2-10,13,20H2,1H3;5-16H2,1-4H3/q;+1. The van der Waals surface area contributed by atoms with Crippen molar-refractivity contribution in [3.63, 3.8) is 0 Å². The first-order valence-corrected chi connectivity index (χ1v) is 20.7. The van der Waals surface area contributed by atoms with Crippen LogP contribution < -0.4 is 16.4 Å². The van der Waals surface area contributed by atoms with E-state index in [9.17, 15) is 0 Å². The quantitative estimate of drug-likeness (QED) is 0.0460. The minimum Gasteiger partial charge on any atom is -0.324 e. The van der Waals surface area contributed by atoms with Crippen LogP contribution >= 0.6 is 0 Å². The first kappa shape index (κ1) is 41.9. The van der Waals surface area contributed by atoms with Crippen molar-refractivity contribution in [1.29, 1.82) is 0 Å². The number of hydrogen-bond acceptors (Lipinski definition) is 0. The molecule has 0 heterocycles. The maximum absolute atomic E-state index is 2.35. The van der Waals surface area contributed by atoms with Gasteiger partial charge in [0.25, 0.3) is 0 Å². The average molecular weight is 653 g/mol. The summed E-state index contributed by atoms with van der Waals surface area (Å²) in [6, 6.07) is 31.1. The summed E-state index contributed by atoms with van der Waals surface area (Å²) in [5, 5.41) is 0. The maximum Gasteiger partial charge on any atom is 0.241 e. The van der Waals surface area contributed by atoms with Gasteiger partial charge in [-0.25, -0.2) is 0 Å². The summed E-state index contributed by atoms with van der Waals surface area (Å²) in [4.78, 5) is 0. The maximum atomic E-state index is 2.35. The Bertz CT molecular complexity index is 1050. The lowest BCUT2D eigenvalue weighted by Crippen LogP contribution is -2.53. The fraction of sp³-hybridized carbons (Fsp3) is 0.609. The Labute approximate surface area is 300 Å². The monoisotopic (exact) mass is 653 g/mol. The lowest BCUT2D eigenvalue weighted by atomic mass is 9.36.